The molecule has 0 atom stereocenters. The Balaban J connectivity index is 2.33. The summed E-state index contributed by atoms with van der Waals surface area (Å²) in [5.41, 5.74) is 3.72. The van der Waals surface area contributed by atoms with Crippen LogP contribution in [0.3, 0.4) is 0 Å². The van der Waals surface area contributed by atoms with Crippen molar-refractivity contribution in [3.8, 4) is 5.75 Å². The van der Waals surface area contributed by atoms with Crippen LogP contribution in [0.2, 0.25) is 16.6 Å². The SMILES string of the molecule is CC(C)[Si](Oc1ccc2c(c1)CC2=O)(C(C)C)C(C)C. The highest BCUT2D eigenvalue weighted by Gasteiger charge is 2.47. The van der Waals surface area contributed by atoms with Gasteiger partial charge in [0.25, 0.3) is 8.32 Å². The van der Waals surface area contributed by atoms with Crippen LogP contribution < -0.4 is 4.43 Å². The quantitative estimate of drug-likeness (QED) is 0.715. The van der Waals surface area contributed by atoms with Gasteiger partial charge in [-0.05, 0) is 40.4 Å². The van der Waals surface area contributed by atoms with Crippen molar-refractivity contribution in [1.29, 1.82) is 0 Å². The van der Waals surface area contributed by atoms with E-state index in [1.807, 2.05) is 12.1 Å². The van der Waals surface area contributed by atoms with Gasteiger partial charge in [-0.25, -0.2) is 0 Å². The summed E-state index contributed by atoms with van der Waals surface area (Å²) in [6.07, 6.45) is 0.576. The first-order valence-corrected chi connectivity index (χ1v) is 9.78. The van der Waals surface area contributed by atoms with Crippen molar-refractivity contribution in [2.24, 2.45) is 0 Å². The van der Waals surface area contributed by atoms with Gasteiger partial charge in [0.1, 0.15) is 5.75 Å². The molecule has 20 heavy (non-hydrogen) atoms. The van der Waals surface area contributed by atoms with Crippen LogP contribution in [0.5, 0.6) is 5.75 Å². The van der Waals surface area contributed by atoms with E-state index in [0.717, 1.165) is 16.9 Å². The van der Waals surface area contributed by atoms with Crippen molar-refractivity contribution in [3.05, 3.63) is 29.3 Å². The summed E-state index contributed by atoms with van der Waals surface area (Å²) in [7, 11) is -1.89. The third-order valence-corrected chi connectivity index (χ3v) is 10.7. The molecule has 1 aliphatic carbocycles. The molecule has 0 amide bonds. The lowest BCUT2D eigenvalue weighted by Crippen LogP contribution is -2.50. The molecule has 1 aliphatic rings. The lowest BCUT2D eigenvalue weighted by atomic mass is 9.87. The minimum absolute atomic E-state index is 0.256. The summed E-state index contributed by atoms with van der Waals surface area (Å²) in [5, 5.41) is 0. The number of rotatable bonds is 5. The summed E-state index contributed by atoms with van der Waals surface area (Å²) in [6, 6.07) is 5.98. The van der Waals surface area contributed by atoms with Gasteiger partial charge >= 0.3 is 0 Å². The maximum absolute atomic E-state index is 11.4. The average molecular weight is 290 g/mol. The zero-order valence-electron chi connectivity index (χ0n) is 13.5. The molecule has 1 aromatic rings. The van der Waals surface area contributed by atoms with E-state index in [4.69, 9.17) is 4.43 Å². The Morgan fingerprint density at radius 3 is 1.95 bits per heavy atom. The lowest BCUT2D eigenvalue weighted by Gasteiger charge is -2.42. The van der Waals surface area contributed by atoms with Gasteiger partial charge in [0, 0.05) is 12.0 Å². The zero-order valence-corrected chi connectivity index (χ0v) is 14.5. The van der Waals surface area contributed by atoms with Gasteiger partial charge in [0.05, 0.1) is 0 Å². The summed E-state index contributed by atoms with van der Waals surface area (Å²) in [6.45, 7) is 13.7. The molecule has 0 heterocycles. The molecule has 0 aromatic heterocycles. The van der Waals surface area contributed by atoms with E-state index in [0.29, 0.717) is 23.0 Å². The molecule has 0 spiro atoms. The van der Waals surface area contributed by atoms with Gasteiger partial charge in [-0.1, -0.05) is 41.5 Å². The highest BCUT2D eigenvalue weighted by Crippen LogP contribution is 2.43. The molecule has 110 valence electrons. The molecular formula is C17H26O2Si. The van der Waals surface area contributed by atoms with Gasteiger partial charge < -0.3 is 4.43 Å². The lowest BCUT2D eigenvalue weighted by molar-refractivity contribution is 0.0968. The molecule has 0 saturated carbocycles. The minimum Gasteiger partial charge on any atom is -0.543 e. The van der Waals surface area contributed by atoms with Crippen LogP contribution in [0, 0.1) is 0 Å². The predicted octanol–water partition coefficient (Wildman–Crippen LogP) is 4.98. The van der Waals surface area contributed by atoms with Gasteiger partial charge in [0.2, 0.25) is 0 Å². The normalized spacial score (nSPS) is 14.8. The van der Waals surface area contributed by atoms with Crippen LogP contribution in [0.15, 0.2) is 18.2 Å². The summed E-state index contributed by atoms with van der Waals surface area (Å²) < 4.78 is 6.62. The second kappa shape index (κ2) is 5.36. The van der Waals surface area contributed by atoms with E-state index in [1.165, 1.54) is 0 Å². The number of hydrogen-bond donors (Lipinski definition) is 0. The summed E-state index contributed by atoms with van der Waals surface area (Å²) in [5.74, 6) is 1.21. The van der Waals surface area contributed by atoms with E-state index in [-0.39, 0.29) is 5.78 Å². The number of benzene rings is 1. The first kappa shape index (κ1) is 15.3. The summed E-state index contributed by atoms with van der Waals surface area (Å²) in [4.78, 5) is 11.4. The second-order valence-corrected chi connectivity index (χ2v) is 12.2. The smallest absolute Gasteiger partial charge is 0.258 e. The average Bonchev–Trinajstić information content (AvgIpc) is 2.33. The number of hydrogen-bond acceptors (Lipinski definition) is 2. The van der Waals surface area contributed by atoms with Crippen molar-refractivity contribution >= 4 is 14.1 Å². The van der Waals surface area contributed by atoms with E-state index in [1.54, 1.807) is 0 Å². The van der Waals surface area contributed by atoms with Crippen molar-refractivity contribution in [2.75, 3.05) is 0 Å². The molecule has 0 radical (unpaired) electrons. The highest BCUT2D eigenvalue weighted by atomic mass is 28.4. The molecule has 2 rings (SSSR count). The van der Waals surface area contributed by atoms with E-state index in [2.05, 4.69) is 47.6 Å². The van der Waals surface area contributed by atoms with Crippen molar-refractivity contribution in [3.63, 3.8) is 0 Å². The first-order chi connectivity index (χ1) is 9.29. The van der Waals surface area contributed by atoms with Crippen LogP contribution in [0.4, 0.5) is 0 Å². The number of fused-ring (bicyclic) bond motifs is 1. The van der Waals surface area contributed by atoms with Gasteiger partial charge in [-0.15, -0.1) is 0 Å². The highest BCUT2D eigenvalue weighted by molar-refractivity contribution is 6.78. The molecule has 3 heteroatoms. The topological polar surface area (TPSA) is 26.3 Å². The van der Waals surface area contributed by atoms with Crippen LogP contribution >= 0.6 is 0 Å². The standard InChI is InChI=1S/C17H26O2Si/c1-11(2)20(12(3)4,13(5)6)19-15-7-8-16-14(9-15)10-17(16)18/h7-9,11-13H,10H2,1-6H3. The third kappa shape index (κ3) is 2.32. The van der Waals surface area contributed by atoms with Crippen LogP contribution in [0.25, 0.3) is 0 Å². The minimum atomic E-state index is -1.89. The molecule has 0 saturated heterocycles. The monoisotopic (exact) mass is 290 g/mol. The van der Waals surface area contributed by atoms with Gasteiger partial charge in [-0.2, -0.15) is 0 Å². The molecule has 0 N–H and O–H groups in total. The predicted molar refractivity (Wildman–Crippen MR) is 86.2 cm³/mol. The van der Waals surface area contributed by atoms with E-state index < -0.39 is 8.32 Å². The molecule has 2 nitrogen and oxygen atoms in total. The largest absolute Gasteiger partial charge is 0.543 e. The fourth-order valence-electron chi connectivity index (χ4n) is 3.77. The summed E-state index contributed by atoms with van der Waals surface area (Å²) >= 11 is 0. The van der Waals surface area contributed by atoms with Gasteiger partial charge in [0.15, 0.2) is 5.78 Å². The Bertz CT molecular complexity index is 496. The number of ketones is 1. The van der Waals surface area contributed by atoms with Crippen LogP contribution in [-0.2, 0) is 6.42 Å². The van der Waals surface area contributed by atoms with E-state index >= 15 is 0 Å². The van der Waals surface area contributed by atoms with Crippen molar-refractivity contribution in [2.45, 2.75) is 64.6 Å². The second-order valence-electron chi connectivity index (χ2n) is 6.84. The third-order valence-electron chi connectivity index (χ3n) is 4.73. The van der Waals surface area contributed by atoms with Crippen LogP contribution in [0.1, 0.15) is 57.5 Å². The molecule has 0 bridgehead atoms. The zero-order chi connectivity index (χ0) is 15.1. The Hall–Kier alpha value is -1.09. The Labute approximate surface area is 123 Å². The fourth-order valence-corrected chi connectivity index (χ4v) is 9.01. The molecule has 0 unspecified atom stereocenters. The fraction of sp³-hybridized carbons (Fsp3) is 0.588. The Morgan fingerprint density at radius 1 is 1.00 bits per heavy atom. The van der Waals surface area contributed by atoms with E-state index in [9.17, 15) is 4.79 Å². The number of Topliss-reactive ketones (excluding diaryl/α,β-unsaturated/α-hetero) is 1. The van der Waals surface area contributed by atoms with Crippen molar-refractivity contribution < 1.29 is 9.22 Å². The molecule has 0 aliphatic heterocycles. The first-order valence-electron chi connectivity index (χ1n) is 7.64. The number of carbonyl (C=O) groups excluding carboxylic acids is 1. The molecular weight excluding hydrogens is 264 g/mol. The molecule has 0 fully saturated rings. The number of carbonyl (C=O) groups is 1. The Kier molecular flexibility index (Phi) is 4.10. The van der Waals surface area contributed by atoms with Crippen LogP contribution in [-0.4, -0.2) is 14.1 Å². The Morgan fingerprint density at radius 2 is 1.55 bits per heavy atom. The van der Waals surface area contributed by atoms with Crippen molar-refractivity contribution in [1.82, 2.24) is 0 Å². The maximum Gasteiger partial charge on any atom is 0.258 e. The maximum atomic E-state index is 11.4. The van der Waals surface area contributed by atoms with Gasteiger partial charge in [-0.3, -0.25) is 4.79 Å². The molecule has 1 aromatic carbocycles.